The smallest absolute Gasteiger partial charge is 0.414 e. The van der Waals surface area contributed by atoms with Crippen LogP contribution in [-0.4, -0.2) is 21.9 Å². The van der Waals surface area contributed by atoms with Gasteiger partial charge in [0.15, 0.2) is 0 Å². The zero-order valence-corrected chi connectivity index (χ0v) is 9.44. The number of hydrogen-bond acceptors (Lipinski definition) is 5. The molecule has 1 heterocycles. The van der Waals surface area contributed by atoms with Crippen LogP contribution in [0.3, 0.4) is 0 Å². The van der Waals surface area contributed by atoms with Crippen LogP contribution in [0.15, 0.2) is 0 Å². The average Bonchev–Trinajstić information content (AvgIpc) is 2.30. The van der Waals surface area contributed by atoms with E-state index in [1.807, 2.05) is 6.92 Å². The largest absolute Gasteiger partial charge is 0.444 e. The van der Waals surface area contributed by atoms with E-state index in [0.29, 0.717) is 5.13 Å². The van der Waals surface area contributed by atoms with Gasteiger partial charge in [-0.05, 0) is 27.7 Å². The summed E-state index contributed by atoms with van der Waals surface area (Å²) in [4.78, 5) is 11.2. The standard InChI is InChI=1S/C8H13N3O2S/c1-5-10-11-6(14-5)9-7(12)13-8(2,3)4/h1-4H3,(H,9,11,12). The number of aryl methyl sites for hydroxylation is 1. The van der Waals surface area contributed by atoms with E-state index in [9.17, 15) is 4.79 Å². The van der Waals surface area contributed by atoms with Crippen molar-refractivity contribution < 1.29 is 9.53 Å². The van der Waals surface area contributed by atoms with Crippen molar-refractivity contribution in [2.75, 3.05) is 5.32 Å². The van der Waals surface area contributed by atoms with E-state index in [-0.39, 0.29) is 0 Å². The topological polar surface area (TPSA) is 64.1 Å². The molecule has 1 aromatic rings. The summed E-state index contributed by atoms with van der Waals surface area (Å²) in [5.74, 6) is 0. The van der Waals surface area contributed by atoms with Crippen LogP contribution >= 0.6 is 11.3 Å². The molecule has 6 heteroatoms. The summed E-state index contributed by atoms with van der Waals surface area (Å²) in [5.41, 5.74) is -0.496. The van der Waals surface area contributed by atoms with Crippen LogP contribution in [0.4, 0.5) is 9.93 Å². The molecule has 1 amide bonds. The van der Waals surface area contributed by atoms with Crippen LogP contribution in [0.25, 0.3) is 0 Å². The number of ether oxygens (including phenoxy) is 1. The molecule has 1 N–H and O–H groups in total. The molecule has 1 aromatic heterocycles. The van der Waals surface area contributed by atoms with Crippen LogP contribution in [0.2, 0.25) is 0 Å². The second-order valence-corrected chi connectivity index (χ2v) is 4.93. The summed E-state index contributed by atoms with van der Waals surface area (Å²) >= 11 is 1.31. The van der Waals surface area contributed by atoms with Crippen LogP contribution in [0.5, 0.6) is 0 Å². The van der Waals surface area contributed by atoms with E-state index < -0.39 is 11.7 Å². The zero-order valence-electron chi connectivity index (χ0n) is 8.62. The minimum absolute atomic E-state index is 0.455. The lowest BCUT2D eigenvalue weighted by atomic mass is 10.2. The van der Waals surface area contributed by atoms with Gasteiger partial charge in [-0.25, -0.2) is 4.79 Å². The minimum Gasteiger partial charge on any atom is -0.444 e. The second kappa shape index (κ2) is 3.91. The molecule has 0 aliphatic rings. The highest BCUT2D eigenvalue weighted by atomic mass is 32.1. The van der Waals surface area contributed by atoms with E-state index in [0.717, 1.165) is 5.01 Å². The van der Waals surface area contributed by atoms with Gasteiger partial charge in [0, 0.05) is 0 Å². The Bertz CT molecular complexity index is 330. The van der Waals surface area contributed by atoms with Crippen LogP contribution in [0, 0.1) is 6.92 Å². The maximum Gasteiger partial charge on any atom is 0.414 e. The van der Waals surface area contributed by atoms with Gasteiger partial charge in [-0.15, -0.1) is 10.2 Å². The molecule has 5 nitrogen and oxygen atoms in total. The second-order valence-electron chi connectivity index (χ2n) is 3.75. The van der Waals surface area contributed by atoms with E-state index in [4.69, 9.17) is 4.74 Å². The van der Waals surface area contributed by atoms with Crippen molar-refractivity contribution >= 4 is 22.6 Å². The highest BCUT2D eigenvalue weighted by molar-refractivity contribution is 7.15. The first-order valence-electron chi connectivity index (χ1n) is 4.17. The molecule has 0 aromatic carbocycles. The first-order valence-corrected chi connectivity index (χ1v) is 4.98. The lowest BCUT2D eigenvalue weighted by molar-refractivity contribution is 0.0636. The quantitative estimate of drug-likeness (QED) is 0.780. The van der Waals surface area contributed by atoms with Gasteiger partial charge in [0.1, 0.15) is 10.6 Å². The fourth-order valence-corrected chi connectivity index (χ4v) is 1.32. The third-order valence-electron chi connectivity index (χ3n) is 1.13. The number of aromatic nitrogens is 2. The monoisotopic (exact) mass is 215 g/mol. The molecule has 14 heavy (non-hydrogen) atoms. The number of nitrogens with one attached hydrogen (secondary N) is 1. The Morgan fingerprint density at radius 3 is 2.50 bits per heavy atom. The molecule has 78 valence electrons. The Morgan fingerprint density at radius 1 is 1.43 bits per heavy atom. The number of carbonyl (C=O) groups is 1. The third kappa shape index (κ3) is 3.69. The summed E-state index contributed by atoms with van der Waals surface area (Å²) in [6.07, 6.45) is -0.506. The summed E-state index contributed by atoms with van der Waals surface area (Å²) in [6.45, 7) is 7.23. The van der Waals surface area contributed by atoms with E-state index in [1.54, 1.807) is 20.8 Å². The van der Waals surface area contributed by atoms with Crippen molar-refractivity contribution in [3.63, 3.8) is 0 Å². The van der Waals surface area contributed by atoms with Gasteiger partial charge >= 0.3 is 6.09 Å². The third-order valence-corrected chi connectivity index (χ3v) is 1.89. The molecule has 0 aliphatic heterocycles. The fourth-order valence-electron chi connectivity index (χ4n) is 0.738. The lowest BCUT2D eigenvalue weighted by Crippen LogP contribution is -2.27. The Kier molecular flexibility index (Phi) is 3.05. The number of carbonyl (C=O) groups excluding carboxylic acids is 1. The molecule has 0 unspecified atom stereocenters. The number of amides is 1. The van der Waals surface area contributed by atoms with Crippen molar-refractivity contribution in [3.8, 4) is 0 Å². The van der Waals surface area contributed by atoms with Gasteiger partial charge < -0.3 is 4.74 Å². The van der Waals surface area contributed by atoms with Gasteiger partial charge in [0.25, 0.3) is 0 Å². The highest BCUT2D eigenvalue weighted by Crippen LogP contribution is 2.15. The molecular formula is C8H13N3O2S. The lowest BCUT2D eigenvalue weighted by Gasteiger charge is -2.18. The molecule has 0 fully saturated rings. The predicted molar refractivity (Wildman–Crippen MR) is 54.5 cm³/mol. The zero-order chi connectivity index (χ0) is 10.8. The van der Waals surface area contributed by atoms with Crippen LogP contribution in [0.1, 0.15) is 25.8 Å². The van der Waals surface area contributed by atoms with Gasteiger partial charge in [-0.2, -0.15) is 0 Å². The first kappa shape index (κ1) is 10.9. The Balaban J connectivity index is 2.50. The molecule has 0 bridgehead atoms. The molecule has 0 atom stereocenters. The Morgan fingerprint density at radius 2 is 2.07 bits per heavy atom. The summed E-state index contributed by atoms with van der Waals surface area (Å²) < 4.78 is 5.04. The average molecular weight is 215 g/mol. The molecular weight excluding hydrogens is 202 g/mol. The van der Waals surface area contributed by atoms with Crippen molar-refractivity contribution in [1.29, 1.82) is 0 Å². The first-order chi connectivity index (χ1) is 6.37. The van der Waals surface area contributed by atoms with Crippen LogP contribution < -0.4 is 5.32 Å². The normalized spacial score (nSPS) is 11.1. The molecule has 1 rings (SSSR count). The number of nitrogens with zero attached hydrogens (tertiary/aromatic N) is 2. The van der Waals surface area contributed by atoms with Crippen molar-refractivity contribution in [2.24, 2.45) is 0 Å². The van der Waals surface area contributed by atoms with E-state index in [1.165, 1.54) is 11.3 Å². The number of rotatable bonds is 1. The van der Waals surface area contributed by atoms with Crippen molar-refractivity contribution in [3.05, 3.63) is 5.01 Å². The van der Waals surface area contributed by atoms with Crippen LogP contribution in [-0.2, 0) is 4.74 Å². The van der Waals surface area contributed by atoms with Gasteiger partial charge in [-0.3, -0.25) is 5.32 Å². The van der Waals surface area contributed by atoms with Gasteiger partial charge in [-0.1, -0.05) is 11.3 Å². The highest BCUT2D eigenvalue weighted by Gasteiger charge is 2.17. The summed E-state index contributed by atoms with van der Waals surface area (Å²) in [7, 11) is 0. The molecule has 0 spiro atoms. The van der Waals surface area contributed by atoms with E-state index >= 15 is 0 Å². The maximum atomic E-state index is 11.2. The SMILES string of the molecule is Cc1nnc(NC(=O)OC(C)(C)C)s1. The Hall–Kier alpha value is -1.17. The molecule has 0 radical (unpaired) electrons. The van der Waals surface area contributed by atoms with Crippen molar-refractivity contribution in [1.82, 2.24) is 10.2 Å². The maximum absolute atomic E-state index is 11.2. The molecule has 0 aliphatic carbocycles. The molecule has 0 saturated heterocycles. The Labute approximate surface area is 86.5 Å². The minimum atomic E-state index is -0.506. The fraction of sp³-hybridized carbons (Fsp3) is 0.625. The predicted octanol–water partition coefficient (Wildman–Crippen LogP) is 2.19. The summed E-state index contributed by atoms with van der Waals surface area (Å²) in [6, 6.07) is 0. The molecule has 0 saturated carbocycles. The van der Waals surface area contributed by atoms with Crippen molar-refractivity contribution in [2.45, 2.75) is 33.3 Å². The number of hydrogen-bond donors (Lipinski definition) is 1. The van der Waals surface area contributed by atoms with Gasteiger partial charge in [0.2, 0.25) is 5.13 Å². The van der Waals surface area contributed by atoms with E-state index in [2.05, 4.69) is 15.5 Å². The number of anilines is 1. The van der Waals surface area contributed by atoms with Gasteiger partial charge in [0.05, 0.1) is 0 Å². The summed E-state index contributed by atoms with van der Waals surface area (Å²) in [5, 5.41) is 11.3.